The third-order valence-electron chi connectivity index (χ3n) is 3.66. The lowest BCUT2D eigenvalue weighted by Gasteiger charge is -2.14. The van der Waals surface area contributed by atoms with E-state index in [-0.39, 0.29) is 17.4 Å². The number of likely N-dealkylation sites (N-methyl/N-ethyl adjacent to an activating group) is 1. The first-order chi connectivity index (χ1) is 12.2. The molecule has 0 aliphatic rings. The molecule has 0 saturated carbocycles. The molecule has 0 atom stereocenters. The number of sulfonamides is 1. The number of hydrogen-bond acceptors (Lipinski definition) is 5. The number of benzene rings is 2. The van der Waals surface area contributed by atoms with Crippen molar-refractivity contribution < 1.29 is 17.9 Å². The maximum absolute atomic E-state index is 12.7. The molecular formula is C18H22N2O4S2. The fourth-order valence-corrected chi connectivity index (χ4v) is 3.93. The maximum Gasteiger partial charge on any atom is 0.261 e. The number of rotatable bonds is 7. The lowest BCUT2D eigenvalue weighted by molar-refractivity contribution is -0.130. The monoisotopic (exact) mass is 394 g/mol. The van der Waals surface area contributed by atoms with Gasteiger partial charge in [-0.2, -0.15) is 0 Å². The molecule has 2 rings (SSSR count). The normalized spacial score (nSPS) is 11.1. The molecule has 0 fully saturated rings. The summed E-state index contributed by atoms with van der Waals surface area (Å²) in [6.45, 7) is 1.64. The van der Waals surface area contributed by atoms with Crippen molar-refractivity contribution in [3.8, 4) is 5.75 Å². The molecule has 0 radical (unpaired) electrons. The Kier molecular flexibility index (Phi) is 6.55. The number of carbonyl (C=O) groups is 1. The van der Waals surface area contributed by atoms with Gasteiger partial charge in [-0.15, -0.1) is 11.8 Å². The highest BCUT2D eigenvalue weighted by molar-refractivity contribution is 7.99. The maximum atomic E-state index is 12.7. The Morgan fingerprint density at radius 3 is 2.50 bits per heavy atom. The summed E-state index contributed by atoms with van der Waals surface area (Å²) in [6, 6.07) is 11.8. The SMILES string of the molecule is CSc1ccccc1NS(=O)(=O)c1ccc(OCC(=O)N(C)C)c(C)c1. The molecule has 1 amide bonds. The molecule has 0 aliphatic carbocycles. The zero-order valence-electron chi connectivity index (χ0n) is 15.1. The molecule has 0 bridgehead atoms. The van der Waals surface area contributed by atoms with Crippen molar-refractivity contribution in [2.45, 2.75) is 16.7 Å². The van der Waals surface area contributed by atoms with Gasteiger partial charge in [-0.1, -0.05) is 12.1 Å². The number of hydrogen-bond donors (Lipinski definition) is 1. The second-order valence-corrected chi connectivity index (χ2v) is 8.34. The summed E-state index contributed by atoms with van der Waals surface area (Å²) in [5.41, 5.74) is 1.17. The van der Waals surface area contributed by atoms with Crippen molar-refractivity contribution in [2.75, 3.05) is 31.7 Å². The third-order valence-corrected chi connectivity index (χ3v) is 5.82. The summed E-state index contributed by atoms with van der Waals surface area (Å²) in [4.78, 5) is 14.0. The highest BCUT2D eigenvalue weighted by atomic mass is 32.2. The van der Waals surface area contributed by atoms with Crippen LogP contribution in [0.5, 0.6) is 5.75 Å². The van der Waals surface area contributed by atoms with Crippen molar-refractivity contribution in [1.29, 1.82) is 0 Å². The van der Waals surface area contributed by atoms with E-state index >= 15 is 0 Å². The molecule has 0 aliphatic heterocycles. The van der Waals surface area contributed by atoms with E-state index in [1.54, 1.807) is 39.2 Å². The van der Waals surface area contributed by atoms with Gasteiger partial charge in [0.25, 0.3) is 15.9 Å². The number of thioether (sulfide) groups is 1. The van der Waals surface area contributed by atoms with Gasteiger partial charge in [-0.25, -0.2) is 8.42 Å². The lowest BCUT2D eigenvalue weighted by Crippen LogP contribution is -2.27. The van der Waals surface area contributed by atoms with E-state index in [1.807, 2.05) is 18.4 Å². The zero-order valence-corrected chi connectivity index (χ0v) is 16.8. The van der Waals surface area contributed by atoms with Crippen LogP contribution in [0.3, 0.4) is 0 Å². The number of carbonyl (C=O) groups excluding carboxylic acids is 1. The second-order valence-electron chi connectivity index (χ2n) is 5.81. The highest BCUT2D eigenvalue weighted by Crippen LogP contribution is 2.28. The van der Waals surface area contributed by atoms with Gasteiger partial charge in [0.2, 0.25) is 0 Å². The van der Waals surface area contributed by atoms with Gasteiger partial charge in [-0.05, 0) is 49.1 Å². The van der Waals surface area contributed by atoms with Gasteiger partial charge in [0.1, 0.15) is 5.75 Å². The van der Waals surface area contributed by atoms with Crippen LogP contribution in [0.15, 0.2) is 52.3 Å². The molecular weight excluding hydrogens is 372 g/mol. The Labute approximate surface area is 158 Å². The van der Waals surface area contributed by atoms with Crippen LogP contribution in [-0.2, 0) is 14.8 Å². The van der Waals surface area contributed by atoms with Crippen LogP contribution >= 0.6 is 11.8 Å². The van der Waals surface area contributed by atoms with E-state index < -0.39 is 10.0 Å². The van der Waals surface area contributed by atoms with E-state index in [4.69, 9.17) is 4.74 Å². The van der Waals surface area contributed by atoms with Crippen LogP contribution in [0.4, 0.5) is 5.69 Å². The standard InChI is InChI=1S/C18H22N2O4S2/c1-13-11-14(9-10-16(13)24-12-18(21)20(2)3)26(22,23)19-15-7-5-6-8-17(15)25-4/h5-11,19H,12H2,1-4H3. The molecule has 2 aromatic carbocycles. The molecule has 0 saturated heterocycles. The lowest BCUT2D eigenvalue weighted by atomic mass is 10.2. The van der Waals surface area contributed by atoms with Gasteiger partial charge in [0.05, 0.1) is 10.6 Å². The van der Waals surface area contributed by atoms with Gasteiger partial charge < -0.3 is 9.64 Å². The summed E-state index contributed by atoms with van der Waals surface area (Å²) < 4.78 is 33.4. The molecule has 8 heteroatoms. The van der Waals surface area contributed by atoms with Gasteiger partial charge in [0, 0.05) is 19.0 Å². The fraction of sp³-hybridized carbons (Fsp3) is 0.278. The largest absolute Gasteiger partial charge is 0.483 e. The minimum atomic E-state index is -3.72. The van der Waals surface area contributed by atoms with Crippen molar-refractivity contribution in [3.05, 3.63) is 48.0 Å². The summed E-state index contributed by atoms with van der Waals surface area (Å²) in [5.74, 6) is 0.306. The van der Waals surface area contributed by atoms with Crippen molar-refractivity contribution in [3.63, 3.8) is 0 Å². The van der Waals surface area contributed by atoms with Gasteiger partial charge in [-0.3, -0.25) is 9.52 Å². The molecule has 2 aromatic rings. The quantitative estimate of drug-likeness (QED) is 0.731. The van der Waals surface area contributed by atoms with Crippen LogP contribution in [0.2, 0.25) is 0 Å². The van der Waals surface area contributed by atoms with Gasteiger partial charge in [0.15, 0.2) is 6.61 Å². The molecule has 1 N–H and O–H groups in total. The van der Waals surface area contributed by atoms with Crippen molar-refractivity contribution >= 4 is 33.4 Å². The average molecular weight is 395 g/mol. The number of ether oxygens (including phenoxy) is 1. The molecule has 26 heavy (non-hydrogen) atoms. The van der Waals surface area contributed by atoms with E-state index in [1.165, 1.54) is 28.8 Å². The highest BCUT2D eigenvalue weighted by Gasteiger charge is 2.17. The summed E-state index contributed by atoms with van der Waals surface area (Å²) >= 11 is 1.47. The molecule has 6 nitrogen and oxygen atoms in total. The number of anilines is 1. The first-order valence-corrected chi connectivity index (χ1v) is 10.5. The topological polar surface area (TPSA) is 75.7 Å². The van der Waals surface area contributed by atoms with Crippen LogP contribution in [0.1, 0.15) is 5.56 Å². The first kappa shape index (κ1) is 20.1. The summed E-state index contributed by atoms with van der Waals surface area (Å²) in [5, 5.41) is 0. The molecule has 0 aromatic heterocycles. The number of aryl methyl sites for hydroxylation is 1. The number of amides is 1. The van der Waals surface area contributed by atoms with E-state index in [9.17, 15) is 13.2 Å². The second kappa shape index (κ2) is 8.46. The molecule has 140 valence electrons. The minimum Gasteiger partial charge on any atom is -0.483 e. The van der Waals surface area contributed by atoms with Crippen molar-refractivity contribution in [1.82, 2.24) is 4.90 Å². The summed E-state index contributed by atoms with van der Waals surface area (Å²) in [7, 11) is -0.434. The number of nitrogens with one attached hydrogen (secondary N) is 1. The predicted octanol–water partition coefficient (Wildman–Crippen LogP) is 2.98. The Balaban J connectivity index is 2.20. The van der Waals surface area contributed by atoms with Crippen LogP contribution in [0, 0.1) is 6.92 Å². The van der Waals surface area contributed by atoms with Gasteiger partial charge >= 0.3 is 0 Å². The Morgan fingerprint density at radius 1 is 1.19 bits per heavy atom. The van der Waals surface area contributed by atoms with Crippen LogP contribution in [0.25, 0.3) is 0 Å². The Hall–Kier alpha value is -2.19. The molecule has 0 unspecified atom stereocenters. The smallest absolute Gasteiger partial charge is 0.261 e. The van der Waals surface area contributed by atoms with Crippen LogP contribution in [-0.4, -0.2) is 46.2 Å². The fourth-order valence-electron chi connectivity index (χ4n) is 2.15. The van der Waals surface area contributed by atoms with E-state index in [0.717, 1.165) is 4.90 Å². The molecule has 0 spiro atoms. The zero-order chi connectivity index (χ0) is 19.3. The summed E-state index contributed by atoms with van der Waals surface area (Å²) in [6.07, 6.45) is 1.89. The molecule has 0 heterocycles. The van der Waals surface area contributed by atoms with Crippen LogP contribution < -0.4 is 9.46 Å². The Morgan fingerprint density at radius 2 is 1.88 bits per heavy atom. The average Bonchev–Trinajstić information content (AvgIpc) is 2.60. The van der Waals surface area contributed by atoms with Crippen molar-refractivity contribution in [2.24, 2.45) is 0 Å². The third kappa shape index (κ3) is 4.92. The first-order valence-electron chi connectivity index (χ1n) is 7.84. The predicted molar refractivity (Wildman–Crippen MR) is 104 cm³/mol. The Bertz CT molecular complexity index is 896. The van der Waals surface area contributed by atoms with E-state index in [0.29, 0.717) is 17.0 Å². The number of para-hydroxylation sites is 1. The minimum absolute atomic E-state index is 0.0979. The number of nitrogens with zero attached hydrogens (tertiary/aromatic N) is 1. The van der Waals surface area contributed by atoms with E-state index in [2.05, 4.69) is 4.72 Å².